The van der Waals surface area contributed by atoms with E-state index in [0.29, 0.717) is 22.2 Å². The summed E-state index contributed by atoms with van der Waals surface area (Å²) in [7, 11) is 0. The second kappa shape index (κ2) is 7.96. The Hall–Kier alpha value is -0.250. The summed E-state index contributed by atoms with van der Waals surface area (Å²) in [5.41, 5.74) is 0. The van der Waals surface area contributed by atoms with Gasteiger partial charge >= 0.3 is 5.97 Å². The molecule has 0 radical (unpaired) electrons. The van der Waals surface area contributed by atoms with E-state index in [4.69, 9.17) is 27.9 Å². The third-order valence-electron chi connectivity index (χ3n) is 2.14. The number of halogens is 3. The first-order valence-corrected chi connectivity index (χ1v) is 7.23. The van der Waals surface area contributed by atoms with Crippen molar-refractivity contribution in [2.45, 2.75) is 25.7 Å². The monoisotopic (exact) mass is 338 g/mol. The predicted octanol–water partition coefficient (Wildman–Crippen LogP) is 4.85. The molecule has 1 rings (SSSR count). The van der Waals surface area contributed by atoms with E-state index < -0.39 is 0 Å². The average Bonchev–Trinajstić information content (AvgIpc) is 2.30. The van der Waals surface area contributed by atoms with Crippen LogP contribution >= 0.6 is 39.1 Å². The summed E-state index contributed by atoms with van der Waals surface area (Å²) >= 11 is 14.9. The second-order valence-corrected chi connectivity index (χ2v) is 5.16. The van der Waals surface area contributed by atoms with E-state index in [9.17, 15) is 4.79 Å². The van der Waals surface area contributed by atoms with Gasteiger partial charge in [0.2, 0.25) is 0 Å². The Balaban J connectivity index is 2.37. The van der Waals surface area contributed by atoms with Crippen LogP contribution in [-0.2, 0) is 4.79 Å². The maximum Gasteiger partial charge on any atom is 0.311 e. The third-order valence-corrected chi connectivity index (χ3v) is 3.44. The second-order valence-electron chi connectivity index (χ2n) is 3.55. The van der Waals surface area contributed by atoms with Crippen molar-refractivity contribution in [3.8, 4) is 5.75 Å². The van der Waals surface area contributed by atoms with E-state index in [0.717, 1.165) is 24.6 Å². The molecule has 0 atom stereocenters. The summed E-state index contributed by atoms with van der Waals surface area (Å²) in [6.45, 7) is 0. The Labute approximate surface area is 119 Å². The van der Waals surface area contributed by atoms with Crippen molar-refractivity contribution < 1.29 is 9.53 Å². The zero-order chi connectivity index (χ0) is 12.7. The summed E-state index contributed by atoms with van der Waals surface area (Å²) in [6.07, 6.45) is 3.35. The highest BCUT2D eigenvalue weighted by Gasteiger charge is 2.06. The van der Waals surface area contributed by atoms with Gasteiger partial charge in [0.15, 0.2) is 0 Å². The summed E-state index contributed by atoms with van der Waals surface area (Å²) in [5.74, 6) is 0.197. The molecular formula is C12H13BrCl2O2. The molecular weight excluding hydrogens is 327 g/mol. The first kappa shape index (κ1) is 14.8. The zero-order valence-corrected chi connectivity index (χ0v) is 12.3. The molecule has 0 amide bonds. The molecule has 0 bridgehead atoms. The van der Waals surface area contributed by atoms with Crippen LogP contribution in [0.15, 0.2) is 18.2 Å². The standard InChI is InChI=1S/C12H13BrCl2O2/c13-7-3-1-2-4-12(16)17-9-5-6-10(14)11(15)8-9/h5-6,8H,1-4,7H2. The van der Waals surface area contributed by atoms with Crippen molar-refractivity contribution >= 4 is 45.1 Å². The lowest BCUT2D eigenvalue weighted by molar-refractivity contribution is -0.134. The molecule has 0 N–H and O–H groups in total. The topological polar surface area (TPSA) is 26.3 Å². The minimum atomic E-state index is -0.238. The van der Waals surface area contributed by atoms with Crippen LogP contribution in [0.25, 0.3) is 0 Å². The van der Waals surface area contributed by atoms with Crippen molar-refractivity contribution in [3.63, 3.8) is 0 Å². The molecule has 0 spiro atoms. The van der Waals surface area contributed by atoms with Gasteiger partial charge in [-0.15, -0.1) is 0 Å². The first-order chi connectivity index (χ1) is 8.13. The minimum absolute atomic E-state index is 0.238. The van der Waals surface area contributed by atoms with Crippen molar-refractivity contribution in [1.82, 2.24) is 0 Å². The number of hydrogen-bond acceptors (Lipinski definition) is 2. The van der Waals surface area contributed by atoms with Gasteiger partial charge < -0.3 is 4.74 Å². The quantitative estimate of drug-likeness (QED) is 0.320. The molecule has 0 heterocycles. The molecule has 94 valence electrons. The summed E-state index contributed by atoms with van der Waals surface area (Å²) in [6, 6.07) is 4.78. The summed E-state index contributed by atoms with van der Waals surface area (Å²) in [4.78, 5) is 11.5. The van der Waals surface area contributed by atoms with E-state index in [1.807, 2.05) is 0 Å². The molecule has 0 aliphatic heterocycles. The molecule has 5 heteroatoms. The smallest absolute Gasteiger partial charge is 0.311 e. The number of esters is 1. The van der Waals surface area contributed by atoms with Gasteiger partial charge in [-0.25, -0.2) is 0 Å². The van der Waals surface area contributed by atoms with Gasteiger partial charge in [0.1, 0.15) is 5.75 Å². The number of benzene rings is 1. The Morgan fingerprint density at radius 1 is 1.18 bits per heavy atom. The lowest BCUT2D eigenvalue weighted by atomic mass is 10.2. The molecule has 1 aromatic rings. The lowest BCUT2D eigenvalue weighted by Crippen LogP contribution is -2.07. The van der Waals surface area contributed by atoms with Gasteiger partial charge in [0.05, 0.1) is 10.0 Å². The van der Waals surface area contributed by atoms with Gasteiger partial charge in [0.25, 0.3) is 0 Å². The highest BCUT2D eigenvalue weighted by molar-refractivity contribution is 9.09. The zero-order valence-electron chi connectivity index (χ0n) is 9.22. The molecule has 2 nitrogen and oxygen atoms in total. The molecule has 0 saturated carbocycles. The number of hydrogen-bond donors (Lipinski definition) is 0. The SMILES string of the molecule is O=C(CCCCCBr)Oc1ccc(Cl)c(Cl)c1. The number of ether oxygens (including phenoxy) is 1. The maximum atomic E-state index is 11.5. The fourth-order valence-electron chi connectivity index (χ4n) is 1.26. The van der Waals surface area contributed by atoms with Crippen LogP contribution in [0.3, 0.4) is 0 Å². The molecule has 17 heavy (non-hydrogen) atoms. The van der Waals surface area contributed by atoms with Gasteiger partial charge in [0, 0.05) is 17.8 Å². The fraction of sp³-hybridized carbons (Fsp3) is 0.417. The minimum Gasteiger partial charge on any atom is -0.426 e. The molecule has 0 aliphatic carbocycles. The normalized spacial score (nSPS) is 10.3. The highest BCUT2D eigenvalue weighted by atomic mass is 79.9. The van der Waals surface area contributed by atoms with Crippen molar-refractivity contribution in [1.29, 1.82) is 0 Å². The molecule has 0 aromatic heterocycles. The van der Waals surface area contributed by atoms with Crippen LogP contribution in [0.2, 0.25) is 10.0 Å². The molecule has 1 aromatic carbocycles. The van der Waals surface area contributed by atoms with E-state index in [1.54, 1.807) is 18.2 Å². The van der Waals surface area contributed by atoms with Crippen molar-refractivity contribution in [2.75, 3.05) is 5.33 Å². The summed E-state index contributed by atoms with van der Waals surface area (Å²) < 4.78 is 5.14. The number of carbonyl (C=O) groups excluding carboxylic acids is 1. The highest BCUT2D eigenvalue weighted by Crippen LogP contribution is 2.26. The number of rotatable bonds is 6. The van der Waals surface area contributed by atoms with Crippen LogP contribution in [0.5, 0.6) is 5.75 Å². The van der Waals surface area contributed by atoms with E-state index >= 15 is 0 Å². The van der Waals surface area contributed by atoms with Gasteiger partial charge in [-0.2, -0.15) is 0 Å². The number of alkyl halides is 1. The van der Waals surface area contributed by atoms with Crippen LogP contribution < -0.4 is 4.74 Å². The van der Waals surface area contributed by atoms with Crippen molar-refractivity contribution in [2.24, 2.45) is 0 Å². The van der Waals surface area contributed by atoms with E-state index in [-0.39, 0.29) is 5.97 Å². The van der Waals surface area contributed by atoms with Crippen LogP contribution in [-0.4, -0.2) is 11.3 Å². The molecule has 0 unspecified atom stereocenters. The lowest BCUT2D eigenvalue weighted by Gasteiger charge is -2.05. The van der Waals surface area contributed by atoms with Crippen LogP contribution in [0.4, 0.5) is 0 Å². The van der Waals surface area contributed by atoms with Crippen molar-refractivity contribution in [3.05, 3.63) is 28.2 Å². The average molecular weight is 340 g/mol. The Bertz CT molecular complexity index is 383. The summed E-state index contributed by atoms with van der Waals surface area (Å²) in [5, 5.41) is 1.80. The van der Waals surface area contributed by atoms with E-state index in [1.165, 1.54) is 0 Å². The van der Waals surface area contributed by atoms with Gasteiger partial charge in [-0.05, 0) is 25.0 Å². The third kappa shape index (κ3) is 5.75. The number of unbranched alkanes of at least 4 members (excludes halogenated alkanes) is 2. The fourth-order valence-corrected chi connectivity index (χ4v) is 1.95. The molecule has 0 saturated heterocycles. The largest absolute Gasteiger partial charge is 0.426 e. The molecule has 0 aliphatic rings. The molecule has 0 fully saturated rings. The number of carbonyl (C=O) groups is 1. The Kier molecular flexibility index (Phi) is 6.93. The first-order valence-electron chi connectivity index (χ1n) is 5.35. The van der Waals surface area contributed by atoms with Gasteiger partial charge in [-0.3, -0.25) is 4.79 Å². The maximum absolute atomic E-state index is 11.5. The predicted molar refractivity (Wildman–Crippen MR) is 74.4 cm³/mol. The van der Waals surface area contributed by atoms with Crippen LogP contribution in [0, 0.1) is 0 Å². The van der Waals surface area contributed by atoms with Crippen LogP contribution in [0.1, 0.15) is 25.7 Å². The Morgan fingerprint density at radius 3 is 2.59 bits per heavy atom. The Morgan fingerprint density at radius 2 is 1.94 bits per heavy atom. The van der Waals surface area contributed by atoms with E-state index in [2.05, 4.69) is 15.9 Å². The van der Waals surface area contributed by atoms with Gasteiger partial charge in [-0.1, -0.05) is 45.6 Å².